The van der Waals surface area contributed by atoms with Crippen LogP contribution in [0.1, 0.15) is 13.8 Å². The summed E-state index contributed by atoms with van der Waals surface area (Å²) in [6.07, 6.45) is 0. The maximum atomic E-state index is 6.11. The van der Waals surface area contributed by atoms with Crippen molar-refractivity contribution in [1.82, 2.24) is 9.55 Å². The number of aromatic nitrogens is 2. The van der Waals surface area contributed by atoms with Crippen molar-refractivity contribution in [3.63, 3.8) is 0 Å². The standard InChI is InChI=1S/C11H12BrClN2/c1-7(2)6-15-9-5-3-4-8(12)10(9)14-11(15)13/h3-5,7H,6H2,1-2H3. The molecule has 2 rings (SSSR count). The van der Waals surface area contributed by atoms with Crippen molar-refractivity contribution in [1.29, 1.82) is 0 Å². The summed E-state index contributed by atoms with van der Waals surface area (Å²) in [6, 6.07) is 6.02. The highest BCUT2D eigenvalue weighted by Crippen LogP contribution is 2.26. The van der Waals surface area contributed by atoms with Crippen LogP contribution in [-0.2, 0) is 6.54 Å². The molecule has 0 saturated carbocycles. The molecule has 1 heterocycles. The number of hydrogen-bond donors (Lipinski definition) is 0. The molecule has 1 aromatic carbocycles. The highest BCUT2D eigenvalue weighted by Gasteiger charge is 2.11. The molecule has 4 heteroatoms. The van der Waals surface area contributed by atoms with E-state index in [1.54, 1.807) is 0 Å². The van der Waals surface area contributed by atoms with Gasteiger partial charge in [-0.25, -0.2) is 4.98 Å². The van der Waals surface area contributed by atoms with Crippen molar-refractivity contribution >= 4 is 38.6 Å². The summed E-state index contributed by atoms with van der Waals surface area (Å²) in [6.45, 7) is 5.23. The number of rotatable bonds is 2. The van der Waals surface area contributed by atoms with Crippen molar-refractivity contribution in [2.75, 3.05) is 0 Å². The summed E-state index contributed by atoms with van der Waals surface area (Å²) < 4.78 is 3.04. The van der Waals surface area contributed by atoms with Crippen LogP contribution in [0.4, 0.5) is 0 Å². The molecule has 0 bridgehead atoms. The first-order valence-electron chi connectivity index (χ1n) is 4.90. The molecule has 0 spiro atoms. The normalized spacial score (nSPS) is 11.5. The van der Waals surface area contributed by atoms with Gasteiger partial charge in [-0.2, -0.15) is 0 Å². The van der Waals surface area contributed by atoms with Crippen molar-refractivity contribution in [3.8, 4) is 0 Å². The van der Waals surface area contributed by atoms with Crippen LogP contribution in [0.3, 0.4) is 0 Å². The molecule has 0 unspecified atom stereocenters. The molecule has 0 atom stereocenters. The van der Waals surface area contributed by atoms with Crippen LogP contribution in [0, 0.1) is 5.92 Å². The van der Waals surface area contributed by atoms with Crippen molar-refractivity contribution in [3.05, 3.63) is 28.0 Å². The highest BCUT2D eigenvalue weighted by atomic mass is 79.9. The van der Waals surface area contributed by atoms with Crippen LogP contribution >= 0.6 is 27.5 Å². The Labute approximate surface area is 102 Å². The second-order valence-corrected chi connectivity index (χ2v) is 5.19. The van der Waals surface area contributed by atoms with E-state index in [1.165, 1.54) is 0 Å². The van der Waals surface area contributed by atoms with Gasteiger partial charge in [-0.05, 0) is 45.6 Å². The van der Waals surface area contributed by atoms with E-state index in [0.29, 0.717) is 11.2 Å². The lowest BCUT2D eigenvalue weighted by Gasteiger charge is -2.08. The van der Waals surface area contributed by atoms with Gasteiger partial charge in [0.1, 0.15) is 5.52 Å². The van der Waals surface area contributed by atoms with E-state index in [1.807, 2.05) is 22.8 Å². The Morgan fingerprint density at radius 2 is 2.20 bits per heavy atom. The van der Waals surface area contributed by atoms with E-state index < -0.39 is 0 Å². The lowest BCUT2D eigenvalue weighted by atomic mass is 10.2. The maximum Gasteiger partial charge on any atom is 0.203 e. The molecule has 0 radical (unpaired) electrons. The fourth-order valence-electron chi connectivity index (χ4n) is 1.62. The summed E-state index contributed by atoms with van der Waals surface area (Å²) in [7, 11) is 0. The lowest BCUT2D eigenvalue weighted by Crippen LogP contribution is -2.04. The molecular weight excluding hydrogens is 275 g/mol. The molecule has 0 N–H and O–H groups in total. The Bertz CT molecular complexity index is 491. The van der Waals surface area contributed by atoms with E-state index >= 15 is 0 Å². The molecule has 15 heavy (non-hydrogen) atoms. The SMILES string of the molecule is CC(C)Cn1c(Cl)nc2c(Br)cccc21. The number of halogens is 2. The van der Waals surface area contributed by atoms with Crippen molar-refractivity contribution < 1.29 is 0 Å². The van der Waals surface area contributed by atoms with E-state index in [0.717, 1.165) is 22.1 Å². The topological polar surface area (TPSA) is 17.8 Å². The lowest BCUT2D eigenvalue weighted by molar-refractivity contribution is 0.533. The van der Waals surface area contributed by atoms with Crippen LogP contribution in [-0.4, -0.2) is 9.55 Å². The van der Waals surface area contributed by atoms with Crippen LogP contribution < -0.4 is 0 Å². The maximum absolute atomic E-state index is 6.11. The van der Waals surface area contributed by atoms with Crippen molar-refractivity contribution in [2.45, 2.75) is 20.4 Å². The zero-order valence-electron chi connectivity index (χ0n) is 8.67. The Hall–Kier alpha value is -0.540. The summed E-state index contributed by atoms with van der Waals surface area (Å²) in [5, 5.41) is 0.561. The van der Waals surface area contributed by atoms with Gasteiger partial charge in [-0.1, -0.05) is 19.9 Å². The zero-order chi connectivity index (χ0) is 11.0. The Kier molecular flexibility index (Phi) is 3.03. The van der Waals surface area contributed by atoms with Gasteiger partial charge in [-0.3, -0.25) is 0 Å². The van der Waals surface area contributed by atoms with E-state index in [9.17, 15) is 0 Å². The van der Waals surface area contributed by atoms with Crippen LogP contribution in [0.5, 0.6) is 0 Å². The fourth-order valence-corrected chi connectivity index (χ4v) is 2.31. The Morgan fingerprint density at radius 3 is 2.87 bits per heavy atom. The number of nitrogens with zero attached hydrogens (tertiary/aromatic N) is 2. The first-order chi connectivity index (χ1) is 7.09. The summed E-state index contributed by atoms with van der Waals surface area (Å²) in [5.41, 5.74) is 2.02. The molecule has 0 aliphatic carbocycles. The molecule has 2 aromatic rings. The number of hydrogen-bond acceptors (Lipinski definition) is 1. The molecule has 0 fully saturated rings. The largest absolute Gasteiger partial charge is 0.314 e. The first-order valence-corrected chi connectivity index (χ1v) is 6.07. The molecule has 0 saturated heterocycles. The minimum absolute atomic E-state index is 0.555. The number of benzene rings is 1. The fraction of sp³-hybridized carbons (Fsp3) is 0.364. The molecule has 0 aliphatic heterocycles. The predicted molar refractivity (Wildman–Crippen MR) is 67.3 cm³/mol. The van der Waals surface area contributed by atoms with Gasteiger partial charge in [-0.15, -0.1) is 0 Å². The van der Waals surface area contributed by atoms with Crippen LogP contribution in [0.25, 0.3) is 11.0 Å². The molecule has 0 amide bonds. The average Bonchev–Trinajstić information content (AvgIpc) is 2.45. The van der Waals surface area contributed by atoms with Crippen LogP contribution in [0.15, 0.2) is 22.7 Å². The van der Waals surface area contributed by atoms with Gasteiger partial charge < -0.3 is 4.57 Å². The molecule has 1 aromatic heterocycles. The predicted octanol–water partition coefficient (Wildman–Crippen LogP) is 4.11. The Morgan fingerprint density at radius 1 is 1.47 bits per heavy atom. The highest BCUT2D eigenvalue weighted by molar-refractivity contribution is 9.10. The third-order valence-electron chi connectivity index (χ3n) is 2.23. The molecule has 0 aliphatic rings. The second kappa shape index (κ2) is 4.14. The van der Waals surface area contributed by atoms with Crippen molar-refractivity contribution in [2.24, 2.45) is 5.92 Å². The minimum atomic E-state index is 0.555. The van der Waals surface area contributed by atoms with Gasteiger partial charge in [0.25, 0.3) is 0 Å². The van der Waals surface area contributed by atoms with Gasteiger partial charge >= 0.3 is 0 Å². The first kappa shape index (κ1) is 11.0. The Balaban J connectivity index is 2.63. The number of fused-ring (bicyclic) bond motifs is 1. The van der Waals surface area contributed by atoms with E-state index in [-0.39, 0.29) is 0 Å². The number of para-hydroxylation sites is 1. The van der Waals surface area contributed by atoms with E-state index in [2.05, 4.69) is 34.8 Å². The van der Waals surface area contributed by atoms with Gasteiger partial charge in [0, 0.05) is 11.0 Å². The summed E-state index contributed by atoms with van der Waals surface area (Å²) in [4.78, 5) is 4.35. The minimum Gasteiger partial charge on any atom is -0.314 e. The monoisotopic (exact) mass is 286 g/mol. The third kappa shape index (κ3) is 2.04. The summed E-state index contributed by atoms with van der Waals surface area (Å²) in [5.74, 6) is 0.555. The summed E-state index contributed by atoms with van der Waals surface area (Å²) >= 11 is 9.59. The zero-order valence-corrected chi connectivity index (χ0v) is 11.0. The van der Waals surface area contributed by atoms with Gasteiger partial charge in [0.2, 0.25) is 5.28 Å². The second-order valence-electron chi connectivity index (χ2n) is 3.99. The van der Waals surface area contributed by atoms with Gasteiger partial charge in [0.15, 0.2) is 0 Å². The third-order valence-corrected chi connectivity index (χ3v) is 3.16. The molecule has 80 valence electrons. The number of imidazole rings is 1. The molecule has 2 nitrogen and oxygen atoms in total. The van der Waals surface area contributed by atoms with Gasteiger partial charge in [0.05, 0.1) is 5.52 Å². The quantitative estimate of drug-likeness (QED) is 0.813. The molecular formula is C11H12BrClN2. The van der Waals surface area contributed by atoms with Crippen LogP contribution in [0.2, 0.25) is 5.28 Å². The smallest absolute Gasteiger partial charge is 0.203 e. The van der Waals surface area contributed by atoms with E-state index in [4.69, 9.17) is 11.6 Å². The average molecular weight is 288 g/mol.